The molecule has 0 bridgehead atoms. The predicted octanol–water partition coefficient (Wildman–Crippen LogP) is 2.51. The lowest BCUT2D eigenvalue weighted by Gasteiger charge is -2.22. The first kappa shape index (κ1) is 13.6. The van der Waals surface area contributed by atoms with Crippen molar-refractivity contribution in [2.75, 3.05) is 12.4 Å². The zero-order chi connectivity index (χ0) is 14.2. The normalized spacial score (nSPS) is 17.6. The van der Waals surface area contributed by atoms with Gasteiger partial charge in [-0.2, -0.15) is 0 Å². The highest BCUT2D eigenvalue weighted by atomic mass is 19.1. The highest BCUT2D eigenvalue weighted by molar-refractivity contribution is 5.84. The Morgan fingerprint density at radius 3 is 2.68 bits per heavy atom. The van der Waals surface area contributed by atoms with Crippen molar-refractivity contribution in [3.63, 3.8) is 0 Å². The Morgan fingerprint density at radius 2 is 2.11 bits per heavy atom. The van der Waals surface area contributed by atoms with Gasteiger partial charge in [-0.25, -0.2) is 9.18 Å². The average molecular weight is 267 g/mol. The number of halogens is 1. The van der Waals surface area contributed by atoms with E-state index in [1.165, 1.54) is 13.2 Å². The Hall–Kier alpha value is -1.78. The summed E-state index contributed by atoms with van der Waals surface area (Å²) in [5.41, 5.74) is 0.449. The molecule has 1 aromatic rings. The van der Waals surface area contributed by atoms with E-state index in [1.807, 2.05) is 0 Å². The first-order chi connectivity index (χ1) is 8.81. The summed E-state index contributed by atoms with van der Waals surface area (Å²) in [7, 11) is 1.52. The maximum Gasteiger partial charge on any atom is 0.329 e. The SMILES string of the molecule is COc1ccc(F)c2c1CC(C(=O)OC(C)(C)C)N2. The average Bonchev–Trinajstić information content (AvgIpc) is 2.73. The number of carbonyl (C=O) groups is 1. The molecule has 4 nitrogen and oxygen atoms in total. The number of benzene rings is 1. The zero-order valence-electron chi connectivity index (χ0n) is 11.5. The van der Waals surface area contributed by atoms with E-state index < -0.39 is 11.6 Å². The van der Waals surface area contributed by atoms with Gasteiger partial charge in [-0.1, -0.05) is 0 Å². The van der Waals surface area contributed by atoms with Crippen LogP contribution in [0.5, 0.6) is 5.75 Å². The van der Waals surface area contributed by atoms with Crippen LogP contribution in [-0.4, -0.2) is 24.7 Å². The summed E-state index contributed by atoms with van der Waals surface area (Å²) < 4.78 is 24.2. The Balaban J connectivity index is 2.20. The summed E-state index contributed by atoms with van der Waals surface area (Å²) in [5, 5.41) is 2.87. The summed E-state index contributed by atoms with van der Waals surface area (Å²) >= 11 is 0. The van der Waals surface area contributed by atoms with Crippen molar-refractivity contribution in [2.24, 2.45) is 0 Å². The molecular weight excluding hydrogens is 249 g/mol. The van der Waals surface area contributed by atoms with Gasteiger partial charge >= 0.3 is 5.97 Å². The quantitative estimate of drug-likeness (QED) is 0.836. The molecule has 5 heteroatoms. The van der Waals surface area contributed by atoms with Gasteiger partial charge in [0.05, 0.1) is 12.8 Å². The number of anilines is 1. The van der Waals surface area contributed by atoms with Gasteiger partial charge in [0.1, 0.15) is 23.2 Å². The smallest absolute Gasteiger partial charge is 0.329 e. The maximum atomic E-state index is 13.7. The van der Waals surface area contributed by atoms with Crippen molar-refractivity contribution >= 4 is 11.7 Å². The topological polar surface area (TPSA) is 47.6 Å². The van der Waals surface area contributed by atoms with Crippen molar-refractivity contribution in [3.8, 4) is 5.75 Å². The molecule has 0 spiro atoms. The third kappa shape index (κ3) is 2.80. The lowest BCUT2D eigenvalue weighted by molar-refractivity contribution is -0.155. The molecular formula is C14H18FNO3. The van der Waals surface area contributed by atoms with Crippen LogP contribution in [0.15, 0.2) is 12.1 Å². The summed E-state index contributed by atoms with van der Waals surface area (Å²) in [6, 6.07) is 2.31. The minimum Gasteiger partial charge on any atom is -0.496 e. The monoisotopic (exact) mass is 267 g/mol. The summed E-state index contributed by atoms with van der Waals surface area (Å²) in [6.45, 7) is 5.40. The van der Waals surface area contributed by atoms with Crippen LogP contribution in [0.4, 0.5) is 10.1 Å². The number of methoxy groups -OCH3 is 1. The number of carbonyl (C=O) groups excluding carboxylic acids is 1. The van der Waals surface area contributed by atoms with Crippen molar-refractivity contribution < 1.29 is 18.7 Å². The van der Waals surface area contributed by atoms with Gasteiger partial charge in [0.2, 0.25) is 0 Å². The second-order valence-electron chi connectivity index (χ2n) is 5.54. The van der Waals surface area contributed by atoms with Gasteiger partial charge in [0, 0.05) is 12.0 Å². The number of hydrogen-bond donors (Lipinski definition) is 1. The third-order valence-electron chi connectivity index (χ3n) is 2.86. The second-order valence-corrected chi connectivity index (χ2v) is 5.54. The van der Waals surface area contributed by atoms with E-state index in [4.69, 9.17) is 9.47 Å². The van der Waals surface area contributed by atoms with Crippen molar-refractivity contribution in [3.05, 3.63) is 23.5 Å². The van der Waals surface area contributed by atoms with E-state index in [-0.39, 0.29) is 11.8 Å². The summed E-state index contributed by atoms with van der Waals surface area (Å²) in [5.74, 6) is -0.193. The lowest BCUT2D eigenvalue weighted by atomic mass is 10.1. The Kier molecular flexibility index (Phi) is 3.39. The fourth-order valence-electron chi connectivity index (χ4n) is 2.09. The van der Waals surface area contributed by atoms with Crippen LogP contribution in [0.3, 0.4) is 0 Å². The Morgan fingerprint density at radius 1 is 1.42 bits per heavy atom. The van der Waals surface area contributed by atoms with Gasteiger partial charge < -0.3 is 14.8 Å². The molecule has 19 heavy (non-hydrogen) atoms. The van der Waals surface area contributed by atoms with Crippen LogP contribution in [0, 0.1) is 5.82 Å². The number of nitrogens with one attached hydrogen (secondary N) is 1. The van der Waals surface area contributed by atoms with Gasteiger partial charge in [-0.15, -0.1) is 0 Å². The van der Waals surface area contributed by atoms with E-state index >= 15 is 0 Å². The van der Waals surface area contributed by atoms with Crippen LogP contribution >= 0.6 is 0 Å². The molecule has 0 aromatic heterocycles. The maximum absolute atomic E-state index is 13.7. The molecule has 0 saturated heterocycles. The Bertz CT molecular complexity index is 508. The molecule has 1 aliphatic rings. The molecule has 0 amide bonds. The van der Waals surface area contributed by atoms with Crippen molar-refractivity contribution in [1.29, 1.82) is 0 Å². The molecule has 1 aromatic carbocycles. The summed E-state index contributed by atoms with van der Waals surface area (Å²) in [4.78, 5) is 12.0. The molecule has 104 valence electrons. The predicted molar refractivity (Wildman–Crippen MR) is 69.9 cm³/mol. The van der Waals surface area contributed by atoms with E-state index in [1.54, 1.807) is 26.8 Å². The fourth-order valence-corrected chi connectivity index (χ4v) is 2.09. The highest BCUT2D eigenvalue weighted by Crippen LogP contribution is 2.36. The second kappa shape index (κ2) is 4.72. The number of fused-ring (bicyclic) bond motifs is 1. The fraction of sp³-hybridized carbons (Fsp3) is 0.500. The van der Waals surface area contributed by atoms with Crippen LogP contribution in [0.25, 0.3) is 0 Å². The molecule has 1 unspecified atom stereocenters. The largest absolute Gasteiger partial charge is 0.496 e. The minimum absolute atomic E-state index is 0.329. The number of hydrogen-bond acceptors (Lipinski definition) is 4. The van der Waals surface area contributed by atoms with E-state index in [0.717, 1.165) is 0 Å². The molecule has 0 fully saturated rings. The number of rotatable bonds is 2. The minimum atomic E-state index is -0.569. The molecule has 0 aliphatic carbocycles. The highest BCUT2D eigenvalue weighted by Gasteiger charge is 2.34. The molecule has 1 aliphatic heterocycles. The lowest BCUT2D eigenvalue weighted by Crippen LogP contribution is -2.35. The first-order valence-corrected chi connectivity index (χ1v) is 6.16. The Labute approximate surface area is 111 Å². The van der Waals surface area contributed by atoms with Crippen LogP contribution in [0.2, 0.25) is 0 Å². The number of esters is 1. The van der Waals surface area contributed by atoms with Crippen LogP contribution < -0.4 is 10.1 Å². The van der Waals surface area contributed by atoms with Crippen molar-refractivity contribution in [2.45, 2.75) is 38.8 Å². The molecule has 1 atom stereocenters. The van der Waals surface area contributed by atoms with Gasteiger partial charge in [0.15, 0.2) is 0 Å². The van der Waals surface area contributed by atoms with Gasteiger partial charge in [0.25, 0.3) is 0 Å². The zero-order valence-corrected chi connectivity index (χ0v) is 11.5. The van der Waals surface area contributed by atoms with E-state index in [9.17, 15) is 9.18 Å². The van der Waals surface area contributed by atoms with Crippen molar-refractivity contribution in [1.82, 2.24) is 0 Å². The van der Waals surface area contributed by atoms with Crippen LogP contribution in [-0.2, 0) is 16.0 Å². The molecule has 1 N–H and O–H groups in total. The van der Waals surface area contributed by atoms with E-state index in [2.05, 4.69) is 5.32 Å². The standard InChI is InChI=1S/C14H18FNO3/c1-14(2,3)19-13(17)10-7-8-11(18-4)6-5-9(15)12(8)16-10/h5-6,10,16H,7H2,1-4H3. The first-order valence-electron chi connectivity index (χ1n) is 6.16. The molecule has 0 radical (unpaired) electrons. The number of ether oxygens (including phenoxy) is 2. The molecule has 2 rings (SSSR count). The molecule has 0 saturated carbocycles. The van der Waals surface area contributed by atoms with Crippen LogP contribution in [0.1, 0.15) is 26.3 Å². The molecule has 1 heterocycles. The van der Waals surface area contributed by atoms with E-state index in [0.29, 0.717) is 23.4 Å². The summed E-state index contributed by atoms with van der Waals surface area (Å²) in [6.07, 6.45) is 0.366. The third-order valence-corrected chi connectivity index (χ3v) is 2.86. The van der Waals surface area contributed by atoms with Gasteiger partial charge in [-0.3, -0.25) is 0 Å². The van der Waals surface area contributed by atoms with Gasteiger partial charge in [-0.05, 0) is 32.9 Å².